The number of rotatable bonds is 6. The first-order valence-corrected chi connectivity index (χ1v) is 7.81. The number of hydrogen-bond donors (Lipinski definition) is 1. The van der Waals surface area contributed by atoms with Crippen molar-refractivity contribution >= 4 is 12.1 Å². The van der Waals surface area contributed by atoms with Gasteiger partial charge in [-0.05, 0) is 47.5 Å². The summed E-state index contributed by atoms with van der Waals surface area (Å²) in [5.41, 5.74) is 4.89. The molecule has 2 aromatic carbocycles. The molecule has 0 saturated heterocycles. The van der Waals surface area contributed by atoms with Crippen LogP contribution < -0.4 is 10.2 Å². The van der Waals surface area contributed by atoms with Crippen LogP contribution in [0.2, 0.25) is 0 Å². The minimum Gasteiger partial charge on any atom is -0.489 e. The smallest absolute Gasteiger partial charge is 0.271 e. The molecule has 1 aromatic heterocycles. The Balaban J connectivity index is 1.52. The van der Waals surface area contributed by atoms with Gasteiger partial charge in [0.15, 0.2) is 0 Å². The Morgan fingerprint density at radius 2 is 1.72 bits per heavy atom. The number of ether oxygens (including phenoxy) is 1. The molecule has 0 spiro atoms. The summed E-state index contributed by atoms with van der Waals surface area (Å²) in [6.07, 6.45) is 4.90. The number of benzene rings is 2. The molecular formula is C20H17N3O2. The molecule has 5 nitrogen and oxygen atoms in total. The molecular weight excluding hydrogens is 314 g/mol. The van der Waals surface area contributed by atoms with Gasteiger partial charge in [0.05, 0.1) is 6.21 Å². The predicted octanol–water partition coefficient (Wildman–Crippen LogP) is 3.42. The number of carbonyl (C=O) groups excluding carboxylic acids is 1. The molecule has 3 aromatic rings. The summed E-state index contributed by atoms with van der Waals surface area (Å²) >= 11 is 0. The van der Waals surface area contributed by atoms with E-state index in [1.807, 2.05) is 42.5 Å². The van der Waals surface area contributed by atoms with E-state index in [1.165, 1.54) is 0 Å². The number of nitrogens with one attached hydrogen (secondary N) is 1. The maximum Gasteiger partial charge on any atom is 0.271 e. The van der Waals surface area contributed by atoms with E-state index in [4.69, 9.17) is 4.74 Å². The molecule has 0 aliphatic heterocycles. The van der Waals surface area contributed by atoms with Crippen molar-refractivity contribution in [3.05, 3.63) is 95.8 Å². The third kappa shape index (κ3) is 5.00. The number of amides is 1. The van der Waals surface area contributed by atoms with Crippen molar-refractivity contribution < 1.29 is 9.53 Å². The van der Waals surface area contributed by atoms with Crippen LogP contribution in [0.25, 0.3) is 0 Å². The van der Waals surface area contributed by atoms with Crippen molar-refractivity contribution in [3.63, 3.8) is 0 Å². The van der Waals surface area contributed by atoms with Gasteiger partial charge in [-0.3, -0.25) is 9.78 Å². The zero-order chi connectivity index (χ0) is 17.3. The minimum atomic E-state index is -0.263. The quantitative estimate of drug-likeness (QED) is 0.556. The SMILES string of the molecule is O=C(N/N=C\c1ccncc1)c1ccc(COc2ccccc2)cc1. The van der Waals surface area contributed by atoms with Crippen LogP contribution in [0.4, 0.5) is 0 Å². The van der Waals surface area contributed by atoms with Gasteiger partial charge in [-0.15, -0.1) is 0 Å². The van der Waals surface area contributed by atoms with Gasteiger partial charge in [-0.2, -0.15) is 5.10 Å². The fourth-order valence-electron chi connectivity index (χ4n) is 2.12. The summed E-state index contributed by atoms with van der Waals surface area (Å²) in [4.78, 5) is 16.0. The highest BCUT2D eigenvalue weighted by molar-refractivity contribution is 5.94. The number of carbonyl (C=O) groups is 1. The van der Waals surface area contributed by atoms with E-state index >= 15 is 0 Å². The number of para-hydroxylation sites is 1. The average Bonchev–Trinajstić information content (AvgIpc) is 2.68. The molecule has 5 heteroatoms. The lowest BCUT2D eigenvalue weighted by atomic mass is 10.1. The second-order valence-corrected chi connectivity index (χ2v) is 5.28. The summed E-state index contributed by atoms with van der Waals surface area (Å²) < 4.78 is 5.68. The number of hydrogen-bond acceptors (Lipinski definition) is 4. The molecule has 25 heavy (non-hydrogen) atoms. The Labute approximate surface area is 146 Å². The Kier molecular flexibility index (Phi) is 5.51. The van der Waals surface area contributed by atoms with Gasteiger partial charge in [0.2, 0.25) is 0 Å². The van der Waals surface area contributed by atoms with E-state index in [2.05, 4.69) is 15.5 Å². The monoisotopic (exact) mass is 331 g/mol. The van der Waals surface area contributed by atoms with Gasteiger partial charge in [-0.25, -0.2) is 5.43 Å². The van der Waals surface area contributed by atoms with Crippen molar-refractivity contribution in [2.75, 3.05) is 0 Å². The summed E-state index contributed by atoms with van der Waals surface area (Å²) in [5.74, 6) is 0.551. The van der Waals surface area contributed by atoms with Crippen molar-refractivity contribution in [2.45, 2.75) is 6.61 Å². The topological polar surface area (TPSA) is 63.6 Å². The molecule has 0 atom stereocenters. The summed E-state index contributed by atoms with van der Waals surface area (Å²) in [6.45, 7) is 0.451. The van der Waals surface area contributed by atoms with Crippen LogP contribution >= 0.6 is 0 Å². The number of aromatic nitrogens is 1. The van der Waals surface area contributed by atoms with Gasteiger partial charge in [-0.1, -0.05) is 30.3 Å². The molecule has 0 radical (unpaired) electrons. The number of pyridine rings is 1. The first-order valence-electron chi connectivity index (χ1n) is 7.81. The molecule has 0 bridgehead atoms. The third-order valence-corrected chi connectivity index (χ3v) is 3.45. The Morgan fingerprint density at radius 1 is 1.00 bits per heavy atom. The van der Waals surface area contributed by atoms with Crippen molar-refractivity contribution in [1.29, 1.82) is 0 Å². The highest BCUT2D eigenvalue weighted by Gasteiger charge is 2.04. The molecule has 0 saturated carbocycles. The zero-order valence-electron chi connectivity index (χ0n) is 13.5. The minimum absolute atomic E-state index is 0.263. The van der Waals surface area contributed by atoms with Gasteiger partial charge in [0, 0.05) is 18.0 Å². The lowest BCUT2D eigenvalue weighted by molar-refractivity contribution is 0.0955. The molecule has 1 heterocycles. The molecule has 0 aliphatic rings. The molecule has 3 rings (SSSR count). The Morgan fingerprint density at radius 3 is 2.44 bits per heavy atom. The second-order valence-electron chi connectivity index (χ2n) is 5.28. The number of nitrogens with zero attached hydrogens (tertiary/aromatic N) is 2. The van der Waals surface area contributed by atoms with E-state index in [-0.39, 0.29) is 5.91 Å². The van der Waals surface area contributed by atoms with Gasteiger partial charge in [0.25, 0.3) is 5.91 Å². The predicted molar refractivity (Wildman–Crippen MR) is 96.5 cm³/mol. The first kappa shape index (κ1) is 16.4. The van der Waals surface area contributed by atoms with Crippen LogP contribution in [0, 0.1) is 0 Å². The fourth-order valence-corrected chi connectivity index (χ4v) is 2.12. The molecule has 0 fully saturated rings. The lowest BCUT2D eigenvalue weighted by Crippen LogP contribution is -2.17. The molecule has 1 N–H and O–H groups in total. The van der Waals surface area contributed by atoms with E-state index in [1.54, 1.807) is 42.9 Å². The fraction of sp³-hybridized carbons (Fsp3) is 0.0500. The largest absolute Gasteiger partial charge is 0.489 e. The van der Waals surface area contributed by atoms with Crippen LogP contribution in [0.15, 0.2) is 84.2 Å². The van der Waals surface area contributed by atoms with Crippen LogP contribution in [0.5, 0.6) is 5.75 Å². The maximum absolute atomic E-state index is 12.1. The average molecular weight is 331 g/mol. The zero-order valence-corrected chi connectivity index (χ0v) is 13.5. The van der Waals surface area contributed by atoms with E-state index in [0.717, 1.165) is 16.9 Å². The molecule has 0 unspecified atom stereocenters. The van der Waals surface area contributed by atoms with Gasteiger partial charge in [0.1, 0.15) is 12.4 Å². The Hall–Kier alpha value is -3.47. The maximum atomic E-state index is 12.1. The van der Waals surface area contributed by atoms with E-state index < -0.39 is 0 Å². The summed E-state index contributed by atoms with van der Waals surface area (Å²) in [5, 5.41) is 3.94. The van der Waals surface area contributed by atoms with Gasteiger partial charge >= 0.3 is 0 Å². The van der Waals surface area contributed by atoms with Crippen molar-refractivity contribution in [1.82, 2.24) is 10.4 Å². The molecule has 1 amide bonds. The standard InChI is InChI=1S/C20H17N3O2/c24-20(23-22-14-16-10-12-21-13-11-16)18-8-6-17(7-9-18)15-25-19-4-2-1-3-5-19/h1-14H,15H2,(H,23,24)/b22-14-. The van der Waals surface area contributed by atoms with Crippen LogP contribution in [-0.2, 0) is 6.61 Å². The normalized spacial score (nSPS) is 10.6. The van der Waals surface area contributed by atoms with E-state index in [0.29, 0.717) is 12.2 Å². The number of hydrazone groups is 1. The van der Waals surface area contributed by atoms with Crippen LogP contribution in [-0.4, -0.2) is 17.1 Å². The lowest BCUT2D eigenvalue weighted by Gasteiger charge is -2.06. The highest BCUT2D eigenvalue weighted by Crippen LogP contribution is 2.12. The highest BCUT2D eigenvalue weighted by atomic mass is 16.5. The second kappa shape index (κ2) is 8.40. The first-order chi connectivity index (χ1) is 12.3. The van der Waals surface area contributed by atoms with E-state index in [9.17, 15) is 4.79 Å². The Bertz CT molecular complexity index is 832. The molecule has 124 valence electrons. The summed E-state index contributed by atoms with van der Waals surface area (Å²) in [6, 6.07) is 20.4. The van der Waals surface area contributed by atoms with Crippen molar-refractivity contribution in [2.24, 2.45) is 5.10 Å². The van der Waals surface area contributed by atoms with Crippen LogP contribution in [0.3, 0.4) is 0 Å². The van der Waals surface area contributed by atoms with Gasteiger partial charge < -0.3 is 4.74 Å². The summed E-state index contributed by atoms with van der Waals surface area (Å²) in [7, 11) is 0. The molecule has 0 aliphatic carbocycles. The third-order valence-electron chi connectivity index (χ3n) is 3.45. The van der Waals surface area contributed by atoms with Crippen LogP contribution in [0.1, 0.15) is 21.5 Å². The van der Waals surface area contributed by atoms with Crippen molar-refractivity contribution in [3.8, 4) is 5.75 Å².